The maximum absolute atomic E-state index is 5.84. The summed E-state index contributed by atoms with van der Waals surface area (Å²) in [6.07, 6.45) is 2.64. The van der Waals surface area contributed by atoms with Crippen molar-refractivity contribution >= 4 is 17.6 Å². The van der Waals surface area contributed by atoms with Crippen LogP contribution in [0.5, 0.6) is 0 Å². The molecule has 0 unspecified atom stereocenters. The van der Waals surface area contributed by atoms with E-state index >= 15 is 0 Å². The largest absolute Gasteiger partial charge is 0.372 e. The Morgan fingerprint density at radius 2 is 1.67 bits per heavy atom. The second kappa shape index (κ2) is 12.0. The number of aliphatic imine (C=N–C) groups is 1. The number of guanidine groups is 1. The average Bonchev–Trinajstić information content (AvgIpc) is 2.78. The van der Waals surface area contributed by atoms with Gasteiger partial charge in [0.1, 0.15) is 5.15 Å². The lowest BCUT2D eigenvalue weighted by molar-refractivity contribution is 0.107. The van der Waals surface area contributed by atoms with Crippen LogP contribution in [0.25, 0.3) is 0 Å². The summed E-state index contributed by atoms with van der Waals surface area (Å²) in [5.41, 5.74) is 4.65. The molecule has 0 aliphatic heterocycles. The van der Waals surface area contributed by atoms with Crippen molar-refractivity contribution < 1.29 is 4.74 Å². The first kappa shape index (κ1) is 21.8. The SMILES string of the molecule is CN=C(NCCc1ccc(Cl)nc1)NCc1cccc(COCc2ccccc2)c1. The van der Waals surface area contributed by atoms with E-state index in [9.17, 15) is 0 Å². The van der Waals surface area contributed by atoms with Crippen molar-refractivity contribution in [3.05, 3.63) is 100 Å². The van der Waals surface area contributed by atoms with Crippen molar-refractivity contribution in [2.75, 3.05) is 13.6 Å². The first-order valence-electron chi connectivity index (χ1n) is 9.97. The Morgan fingerprint density at radius 3 is 2.43 bits per heavy atom. The number of rotatable bonds is 9. The zero-order chi connectivity index (χ0) is 21.0. The van der Waals surface area contributed by atoms with Crippen LogP contribution in [-0.4, -0.2) is 24.5 Å². The van der Waals surface area contributed by atoms with Crippen LogP contribution in [0.4, 0.5) is 0 Å². The number of hydrogen-bond donors (Lipinski definition) is 2. The molecular formula is C24H27ClN4O. The molecule has 2 N–H and O–H groups in total. The third-order valence-electron chi connectivity index (χ3n) is 4.55. The fourth-order valence-electron chi connectivity index (χ4n) is 2.98. The van der Waals surface area contributed by atoms with Crippen molar-refractivity contribution in [1.29, 1.82) is 0 Å². The van der Waals surface area contributed by atoms with Crippen molar-refractivity contribution in [1.82, 2.24) is 15.6 Å². The summed E-state index contributed by atoms with van der Waals surface area (Å²) < 4.78 is 5.84. The third kappa shape index (κ3) is 7.50. The number of halogens is 1. The van der Waals surface area contributed by atoms with Crippen LogP contribution in [-0.2, 0) is 30.9 Å². The van der Waals surface area contributed by atoms with E-state index in [-0.39, 0.29) is 0 Å². The van der Waals surface area contributed by atoms with Gasteiger partial charge >= 0.3 is 0 Å². The Hall–Kier alpha value is -2.89. The van der Waals surface area contributed by atoms with Gasteiger partial charge in [-0.05, 0) is 34.7 Å². The molecule has 1 aromatic heterocycles. The number of benzene rings is 2. The molecule has 30 heavy (non-hydrogen) atoms. The fraction of sp³-hybridized carbons (Fsp3) is 0.250. The number of hydrogen-bond acceptors (Lipinski definition) is 3. The second-order valence-electron chi connectivity index (χ2n) is 6.89. The second-order valence-corrected chi connectivity index (χ2v) is 7.28. The normalized spacial score (nSPS) is 11.3. The highest BCUT2D eigenvalue weighted by atomic mass is 35.5. The number of nitrogens with zero attached hydrogens (tertiary/aromatic N) is 2. The van der Waals surface area contributed by atoms with Gasteiger partial charge < -0.3 is 15.4 Å². The number of ether oxygens (including phenoxy) is 1. The molecule has 0 spiro atoms. The molecule has 0 amide bonds. The first-order valence-corrected chi connectivity index (χ1v) is 10.3. The minimum Gasteiger partial charge on any atom is -0.372 e. The van der Waals surface area contributed by atoms with Crippen LogP contribution < -0.4 is 10.6 Å². The molecule has 0 saturated heterocycles. The van der Waals surface area contributed by atoms with E-state index in [0.29, 0.717) is 24.9 Å². The summed E-state index contributed by atoms with van der Waals surface area (Å²) in [7, 11) is 1.77. The molecule has 5 nitrogen and oxygen atoms in total. The van der Waals surface area contributed by atoms with E-state index in [2.05, 4.69) is 57.0 Å². The Morgan fingerprint density at radius 1 is 0.900 bits per heavy atom. The quantitative estimate of drug-likeness (QED) is 0.305. The van der Waals surface area contributed by atoms with Crippen LogP contribution in [0.15, 0.2) is 77.9 Å². The van der Waals surface area contributed by atoms with Crippen molar-refractivity contribution in [2.45, 2.75) is 26.2 Å². The van der Waals surface area contributed by atoms with Gasteiger partial charge in [0.15, 0.2) is 5.96 Å². The number of pyridine rings is 1. The highest BCUT2D eigenvalue weighted by molar-refractivity contribution is 6.29. The Kier molecular flexibility index (Phi) is 8.69. The van der Waals surface area contributed by atoms with Gasteiger partial charge in [-0.3, -0.25) is 4.99 Å². The average molecular weight is 423 g/mol. The highest BCUT2D eigenvalue weighted by Gasteiger charge is 2.01. The molecule has 1 heterocycles. The van der Waals surface area contributed by atoms with Gasteiger partial charge in [-0.1, -0.05) is 72.3 Å². The van der Waals surface area contributed by atoms with Crippen molar-refractivity contribution in [2.24, 2.45) is 4.99 Å². The van der Waals surface area contributed by atoms with E-state index in [4.69, 9.17) is 16.3 Å². The molecule has 156 valence electrons. The van der Waals surface area contributed by atoms with Gasteiger partial charge in [0.25, 0.3) is 0 Å². The Balaban J connectivity index is 1.41. The smallest absolute Gasteiger partial charge is 0.191 e. The van der Waals surface area contributed by atoms with Gasteiger partial charge in [-0.25, -0.2) is 4.98 Å². The molecule has 0 bridgehead atoms. The maximum Gasteiger partial charge on any atom is 0.191 e. The Labute approximate surface area is 183 Å². The van der Waals surface area contributed by atoms with Gasteiger partial charge in [0.05, 0.1) is 13.2 Å². The van der Waals surface area contributed by atoms with Crippen LogP contribution in [0.3, 0.4) is 0 Å². The van der Waals surface area contributed by atoms with Gasteiger partial charge in [-0.15, -0.1) is 0 Å². The number of aromatic nitrogens is 1. The van der Waals surface area contributed by atoms with Gasteiger partial charge in [0.2, 0.25) is 0 Å². The Bertz CT molecular complexity index is 929. The molecule has 0 aliphatic carbocycles. The molecule has 6 heteroatoms. The third-order valence-corrected chi connectivity index (χ3v) is 4.77. The summed E-state index contributed by atoms with van der Waals surface area (Å²) in [6, 6.07) is 22.4. The van der Waals surface area contributed by atoms with Crippen LogP contribution in [0.1, 0.15) is 22.3 Å². The maximum atomic E-state index is 5.84. The summed E-state index contributed by atoms with van der Waals surface area (Å²) in [6.45, 7) is 2.65. The van der Waals surface area contributed by atoms with E-state index in [1.807, 2.05) is 24.3 Å². The molecule has 0 aliphatic rings. The lowest BCUT2D eigenvalue weighted by Gasteiger charge is -2.13. The lowest BCUT2D eigenvalue weighted by Crippen LogP contribution is -2.37. The zero-order valence-corrected chi connectivity index (χ0v) is 17.9. The molecule has 0 radical (unpaired) electrons. The standard InChI is InChI=1S/C24H27ClN4O/c1-26-24(27-13-12-19-10-11-23(25)28-15-19)29-16-21-8-5-9-22(14-21)18-30-17-20-6-3-2-4-7-20/h2-11,14-15H,12-13,16-18H2,1H3,(H2,26,27,29). The molecule has 0 fully saturated rings. The predicted octanol–water partition coefficient (Wildman–Crippen LogP) is 4.36. The zero-order valence-electron chi connectivity index (χ0n) is 17.1. The van der Waals surface area contributed by atoms with Gasteiger partial charge in [0, 0.05) is 26.3 Å². The first-order chi connectivity index (χ1) is 14.7. The molecule has 3 rings (SSSR count). The van der Waals surface area contributed by atoms with E-state index in [1.165, 1.54) is 11.1 Å². The molecule has 2 aromatic carbocycles. The van der Waals surface area contributed by atoms with Crippen LogP contribution in [0.2, 0.25) is 5.15 Å². The van der Waals surface area contributed by atoms with Crippen molar-refractivity contribution in [3.63, 3.8) is 0 Å². The molecule has 0 atom stereocenters. The van der Waals surface area contributed by atoms with Crippen molar-refractivity contribution in [3.8, 4) is 0 Å². The van der Waals surface area contributed by atoms with E-state index in [1.54, 1.807) is 19.3 Å². The van der Waals surface area contributed by atoms with Crippen LogP contribution >= 0.6 is 11.6 Å². The van der Waals surface area contributed by atoms with E-state index in [0.717, 1.165) is 30.1 Å². The summed E-state index contributed by atoms with van der Waals surface area (Å²) in [4.78, 5) is 8.39. The van der Waals surface area contributed by atoms with E-state index < -0.39 is 0 Å². The monoisotopic (exact) mass is 422 g/mol. The predicted molar refractivity (Wildman–Crippen MR) is 123 cm³/mol. The molecule has 0 saturated carbocycles. The minimum atomic E-state index is 0.511. The fourth-order valence-corrected chi connectivity index (χ4v) is 3.09. The minimum absolute atomic E-state index is 0.511. The summed E-state index contributed by atoms with van der Waals surface area (Å²) in [5, 5.41) is 7.19. The topological polar surface area (TPSA) is 58.5 Å². The molecule has 3 aromatic rings. The molecular weight excluding hydrogens is 396 g/mol. The summed E-state index contributed by atoms with van der Waals surface area (Å²) in [5.74, 6) is 0.766. The summed E-state index contributed by atoms with van der Waals surface area (Å²) >= 11 is 5.82. The van der Waals surface area contributed by atoms with Crippen LogP contribution in [0, 0.1) is 0 Å². The lowest BCUT2D eigenvalue weighted by atomic mass is 10.1. The highest BCUT2D eigenvalue weighted by Crippen LogP contribution is 2.09. The van der Waals surface area contributed by atoms with Gasteiger partial charge in [-0.2, -0.15) is 0 Å². The number of nitrogens with one attached hydrogen (secondary N) is 2.